The van der Waals surface area contributed by atoms with Gasteiger partial charge in [0.05, 0.1) is 0 Å². The Kier molecular flexibility index (Phi) is 5.73. The van der Waals surface area contributed by atoms with E-state index in [0.717, 1.165) is 16.9 Å². The van der Waals surface area contributed by atoms with Crippen molar-refractivity contribution >= 4 is 29.2 Å². The van der Waals surface area contributed by atoms with Gasteiger partial charge in [0.15, 0.2) is 0 Å². The van der Waals surface area contributed by atoms with Crippen molar-refractivity contribution in [2.75, 3.05) is 5.32 Å². The van der Waals surface area contributed by atoms with Gasteiger partial charge < -0.3 is 10.1 Å². The molecular weight excluding hydrogens is 361 g/mol. The van der Waals surface area contributed by atoms with Crippen molar-refractivity contribution in [3.05, 3.63) is 63.6 Å². The second kappa shape index (κ2) is 8.18. The van der Waals surface area contributed by atoms with Gasteiger partial charge in [0.1, 0.15) is 12.4 Å². The van der Waals surface area contributed by atoms with Gasteiger partial charge in [0.2, 0.25) is 5.95 Å². The van der Waals surface area contributed by atoms with Gasteiger partial charge in [-0.1, -0.05) is 46.5 Å². The minimum absolute atomic E-state index is 0.376. The molecule has 1 aromatic heterocycles. The molecule has 0 saturated heterocycles. The van der Waals surface area contributed by atoms with E-state index in [1.807, 2.05) is 37.3 Å². The highest BCUT2D eigenvalue weighted by molar-refractivity contribution is 6.35. The number of nitrogens with one attached hydrogen (secondary N) is 1. The summed E-state index contributed by atoms with van der Waals surface area (Å²) >= 11 is 12.1. The summed E-state index contributed by atoms with van der Waals surface area (Å²) in [7, 11) is 0. The Hall–Kier alpha value is -2.31. The normalized spacial score (nSPS) is 10.7. The standard InChI is InChI=1S/C17H17Cl2N5O/c1-2-24-17(21-22-23-24)20-10-12-4-3-5-15(8-12)25-11-13-6-7-14(18)9-16(13)19/h3-9H,2,10-11H2,1H3,(H,20,21,23). The van der Waals surface area contributed by atoms with Gasteiger partial charge in [-0.25, -0.2) is 4.68 Å². The van der Waals surface area contributed by atoms with E-state index in [1.165, 1.54) is 0 Å². The number of tetrazole rings is 1. The largest absolute Gasteiger partial charge is 0.489 e. The molecule has 1 heterocycles. The molecule has 1 N–H and O–H groups in total. The summed E-state index contributed by atoms with van der Waals surface area (Å²) in [6.45, 7) is 3.67. The fourth-order valence-corrected chi connectivity index (χ4v) is 2.73. The first-order chi connectivity index (χ1) is 12.2. The van der Waals surface area contributed by atoms with E-state index in [9.17, 15) is 0 Å². The van der Waals surface area contributed by atoms with Crippen LogP contribution in [0.1, 0.15) is 18.1 Å². The quantitative estimate of drug-likeness (QED) is 0.668. The molecule has 0 bridgehead atoms. The van der Waals surface area contributed by atoms with Crippen LogP contribution in [-0.2, 0) is 19.7 Å². The first kappa shape index (κ1) is 17.5. The van der Waals surface area contributed by atoms with Crippen LogP contribution < -0.4 is 10.1 Å². The van der Waals surface area contributed by atoms with E-state index < -0.39 is 0 Å². The Bertz CT molecular complexity index is 853. The van der Waals surface area contributed by atoms with Crippen molar-refractivity contribution in [3.63, 3.8) is 0 Å². The van der Waals surface area contributed by atoms with Crippen LogP contribution in [0.2, 0.25) is 10.0 Å². The third kappa shape index (κ3) is 4.61. The predicted octanol–water partition coefficient (Wildman–Crippen LogP) is 4.19. The zero-order valence-corrected chi connectivity index (χ0v) is 15.1. The van der Waals surface area contributed by atoms with Crippen LogP contribution in [0.15, 0.2) is 42.5 Å². The highest BCUT2D eigenvalue weighted by atomic mass is 35.5. The maximum atomic E-state index is 6.17. The van der Waals surface area contributed by atoms with Crippen molar-refractivity contribution in [2.24, 2.45) is 0 Å². The minimum atomic E-state index is 0.376. The van der Waals surface area contributed by atoms with Crippen molar-refractivity contribution in [1.82, 2.24) is 20.2 Å². The van der Waals surface area contributed by atoms with E-state index in [2.05, 4.69) is 20.8 Å². The summed E-state index contributed by atoms with van der Waals surface area (Å²) in [5, 5.41) is 15.9. The molecule has 0 fully saturated rings. The van der Waals surface area contributed by atoms with Crippen LogP contribution in [0.4, 0.5) is 5.95 Å². The molecule has 0 radical (unpaired) electrons. The first-order valence-corrected chi connectivity index (χ1v) is 8.57. The number of rotatable bonds is 7. The Morgan fingerprint density at radius 3 is 2.84 bits per heavy atom. The van der Waals surface area contributed by atoms with Gasteiger partial charge in [-0.05, 0) is 47.2 Å². The van der Waals surface area contributed by atoms with Crippen molar-refractivity contribution in [3.8, 4) is 5.75 Å². The molecule has 8 heteroatoms. The van der Waals surface area contributed by atoms with Crippen LogP contribution in [0.5, 0.6) is 5.75 Å². The number of aryl methyl sites for hydroxylation is 1. The SMILES string of the molecule is CCn1nnnc1NCc1cccc(OCc2ccc(Cl)cc2Cl)c1. The fraction of sp³-hybridized carbons (Fsp3) is 0.235. The summed E-state index contributed by atoms with van der Waals surface area (Å²) < 4.78 is 7.53. The first-order valence-electron chi connectivity index (χ1n) is 7.81. The fourth-order valence-electron chi connectivity index (χ4n) is 2.27. The summed E-state index contributed by atoms with van der Waals surface area (Å²) in [4.78, 5) is 0. The van der Waals surface area contributed by atoms with Crippen LogP contribution in [0.25, 0.3) is 0 Å². The van der Waals surface area contributed by atoms with E-state index in [1.54, 1.807) is 16.8 Å². The molecule has 25 heavy (non-hydrogen) atoms. The van der Waals surface area contributed by atoms with Gasteiger partial charge in [0.25, 0.3) is 0 Å². The lowest BCUT2D eigenvalue weighted by Gasteiger charge is -2.10. The Labute approximate surface area is 155 Å². The lowest BCUT2D eigenvalue weighted by Crippen LogP contribution is -2.08. The smallest absolute Gasteiger partial charge is 0.243 e. The van der Waals surface area contributed by atoms with Gasteiger partial charge in [0, 0.05) is 28.7 Å². The monoisotopic (exact) mass is 377 g/mol. The average Bonchev–Trinajstić information content (AvgIpc) is 3.07. The molecule has 0 spiro atoms. The molecule has 2 aromatic carbocycles. The molecule has 0 saturated carbocycles. The lowest BCUT2D eigenvalue weighted by molar-refractivity contribution is 0.306. The highest BCUT2D eigenvalue weighted by Crippen LogP contribution is 2.23. The second-order valence-electron chi connectivity index (χ2n) is 5.34. The molecule has 0 unspecified atom stereocenters. The van der Waals surface area contributed by atoms with E-state index in [-0.39, 0.29) is 0 Å². The third-order valence-corrected chi connectivity index (χ3v) is 4.18. The van der Waals surface area contributed by atoms with Crippen molar-refractivity contribution < 1.29 is 4.74 Å². The van der Waals surface area contributed by atoms with E-state index in [0.29, 0.717) is 35.7 Å². The highest BCUT2D eigenvalue weighted by Gasteiger charge is 2.05. The number of hydrogen-bond acceptors (Lipinski definition) is 5. The molecule has 3 aromatic rings. The number of halogens is 2. The number of aromatic nitrogens is 4. The van der Waals surface area contributed by atoms with Crippen molar-refractivity contribution in [1.29, 1.82) is 0 Å². The minimum Gasteiger partial charge on any atom is -0.489 e. The molecule has 130 valence electrons. The third-order valence-electron chi connectivity index (χ3n) is 3.59. The maximum Gasteiger partial charge on any atom is 0.243 e. The Morgan fingerprint density at radius 1 is 1.16 bits per heavy atom. The number of benzene rings is 2. The number of hydrogen-bond donors (Lipinski definition) is 1. The molecule has 6 nitrogen and oxygen atoms in total. The van der Waals surface area contributed by atoms with Crippen LogP contribution >= 0.6 is 23.2 Å². The maximum absolute atomic E-state index is 6.17. The van der Waals surface area contributed by atoms with E-state index in [4.69, 9.17) is 27.9 Å². The van der Waals surface area contributed by atoms with Crippen molar-refractivity contribution in [2.45, 2.75) is 26.6 Å². The Morgan fingerprint density at radius 2 is 2.04 bits per heavy atom. The summed E-state index contributed by atoms with van der Waals surface area (Å²) in [5.41, 5.74) is 1.95. The molecule has 0 aliphatic heterocycles. The predicted molar refractivity (Wildman–Crippen MR) is 98.1 cm³/mol. The molecular formula is C17H17Cl2N5O. The van der Waals surface area contributed by atoms with Gasteiger partial charge in [-0.3, -0.25) is 0 Å². The summed E-state index contributed by atoms with van der Waals surface area (Å²) in [6, 6.07) is 13.2. The van der Waals surface area contributed by atoms with Crippen LogP contribution in [0, 0.1) is 0 Å². The van der Waals surface area contributed by atoms with Gasteiger partial charge in [-0.15, -0.1) is 0 Å². The molecule has 0 amide bonds. The zero-order chi connectivity index (χ0) is 17.6. The second-order valence-corrected chi connectivity index (χ2v) is 6.19. The number of ether oxygens (including phenoxy) is 1. The molecule has 0 atom stereocenters. The van der Waals surface area contributed by atoms with Gasteiger partial charge in [-0.2, -0.15) is 0 Å². The van der Waals surface area contributed by atoms with Crippen LogP contribution in [-0.4, -0.2) is 20.2 Å². The zero-order valence-electron chi connectivity index (χ0n) is 13.6. The Balaban J connectivity index is 1.61. The summed E-state index contributed by atoms with van der Waals surface area (Å²) in [5.74, 6) is 1.40. The number of nitrogens with zero attached hydrogens (tertiary/aromatic N) is 4. The molecule has 3 rings (SSSR count). The number of anilines is 1. The average molecular weight is 378 g/mol. The van der Waals surface area contributed by atoms with Crippen LogP contribution in [0.3, 0.4) is 0 Å². The summed E-state index contributed by atoms with van der Waals surface area (Å²) in [6.07, 6.45) is 0. The van der Waals surface area contributed by atoms with E-state index >= 15 is 0 Å². The lowest BCUT2D eigenvalue weighted by atomic mass is 10.2. The molecule has 0 aliphatic rings. The topological polar surface area (TPSA) is 64.9 Å². The van der Waals surface area contributed by atoms with Gasteiger partial charge >= 0.3 is 0 Å². The molecule has 0 aliphatic carbocycles.